The van der Waals surface area contributed by atoms with Crippen molar-refractivity contribution in [1.82, 2.24) is 5.32 Å². The van der Waals surface area contributed by atoms with E-state index in [2.05, 4.69) is 32.2 Å². The lowest BCUT2D eigenvalue weighted by Gasteiger charge is -2.43. The van der Waals surface area contributed by atoms with Gasteiger partial charge in [-0.2, -0.15) is 0 Å². The lowest BCUT2D eigenvalue weighted by atomic mass is 9.68. The van der Waals surface area contributed by atoms with Gasteiger partial charge in [-0.1, -0.05) is 20.8 Å². The number of nitrogens with one attached hydrogen (secondary N) is 1. The molecule has 3 atom stereocenters. The van der Waals surface area contributed by atoms with E-state index in [4.69, 9.17) is 4.42 Å². The van der Waals surface area contributed by atoms with E-state index in [1.54, 1.807) is 6.26 Å². The molecule has 2 fully saturated rings. The molecule has 0 aliphatic heterocycles. The van der Waals surface area contributed by atoms with E-state index in [-0.39, 0.29) is 0 Å². The summed E-state index contributed by atoms with van der Waals surface area (Å²) in [5.41, 5.74) is 0.980. The Morgan fingerprint density at radius 3 is 2.83 bits per heavy atom. The number of rotatable bonds is 4. The van der Waals surface area contributed by atoms with Crippen molar-refractivity contribution in [3.63, 3.8) is 0 Å². The van der Waals surface area contributed by atoms with Crippen LogP contribution in [-0.4, -0.2) is 12.6 Å². The van der Waals surface area contributed by atoms with Gasteiger partial charge in [0.25, 0.3) is 0 Å². The van der Waals surface area contributed by atoms with Crippen LogP contribution in [0.15, 0.2) is 22.8 Å². The Hall–Kier alpha value is -0.760. The van der Waals surface area contributed by atoms with E-state index in [1.807, 2.05) is 6.07 Å². The van der Waals surface area contributed by atoms with Crippen molar-refractivity contribution in [2.45, 2.75) is 52.5 Å². The predicted octanol–water partition coefficient (Wildman–Crippen LogP) is 3.63. The maximum absolute atomic E-state index is 5.40. The fourth-order valence-corrected chi connectivity index (χ4v) is 4.61. The summed E-state index contributed by atoms with van der Waals surface area (Å²) in [6.45, 7) is 8.41. The Labute approximate surface area is 110 Å². The summed E-state index contributed by atoms with van der Waals surface area (Å²) in [6, 6.07) is 4.70. The van der Waals surface area contributed by atoms with Crippen molar-refractivity contribution < 1.29 is 4.42 Å². The fourth-order valence-electron chi connectivity index (χ4n) is 4.61. The molecule has 0 aromatic carbocycles. The van der Waals surface area contributed by atoms with Crippen molar-refractivity contribution in [2.24, 2.45) is 16.7 Å². The van der Waals surface area contributed by atoms with Crippen molar-refractivity contribution in [3.8, 4) is 0 Å². The van der Waals surface area contributed by atoms with Crippen molar-refractivity contribution in [3.05, 3.63) is 24.2 Å². The molecular formula is C16H25NO. The highest BCUT2D eigenvalue weighted by Crippen LogP contribution is 2.62. The van der Waals surface area contributed by atoms with Crippen LogP contribution >= 0.6 is 0 Å². The van der Waals surface area contributed by atoms with Gasteiger partial charge in [0.2, 0.25) is 0 Å². The lowest BCUT2D eigenvalue weighted by Crippen LogP contribution is -2.50. The lowest BCUT2D eigenvalue weighted by molar-refractivity contribution is 0.109. The minimum absolute atomic E-state index is 0.455. The first-order valence-corrected chi connectivity index (χ1v) is 7.28. The van der Waals surface area contributed by atoms with Gasteiger partial charge in [-0.3, -0.25) is 0 Å². The van der Waals surface area contributed by atoms with Crippen LogP contribution in [0.5, 0.6) is 0 Å². The van der Waals surface area contributed by atoms with Gasteiger partial charge in [0.1, 0.15) is 5.76 Å². The van der Waals surface area contributed by atoms with Crippen LogP contribution in [0, 0.1) is 16.7 Å². The van der Waals surface area contributed by atoms with Gasteiger partial charge in [-0.05, 0) is 48.1 Å². The highest BCUT2D eigenvalue weighted by molar-refractivity contribution is 5.12. The number of hydrogen-bond acceptors (Lipinski definition) is 2. The Kier molecular flexibility index (Phi) is 2.81. The molecule has 2 aliphatic rings. The highest BCUT2D eigenvalue weighted by Gasteiger charge is 2.58. The van der Waals surface area contributed by atoms with Crippen LogP contribution in [0.3, 0.4) is 0 Å². The SMILES string of the molecule is CC1(C)C(NCCc2ccco2)[C@]2(C)CC[C@H]1C2. The molecule has 0 saturated heterocycles. The zero-order chi connectivity index (χ0) is 12.8. The number of hydrogen-bond donors (Lipinski definition) is 1. The normalized spacial score (nSPS) is 37.3. The molecule has 1 N–H and O–H groups in total. The van der Waals surface area contributed by atoms with Crippen LogP contribution in [0.4, 0.5) is 0 Å². The summed E-state index contributed by atoms with van der Waals surface area (Å²) in [5.74, 6) is 2.01. The van der Waals surface area contributed by atoms with Gasteiger partial charge in [0.15, 0.2) is 0 Å². The van der Waals surface area contributed by atoms with Crippen molar-refractivity contribution in [2.75, 3.05) is 6.54 Å². The Morgan fingerprint density at radius 2 is 2.22 bits per heavy atom. The molecule has 1 heterocycles. The van der Waals surface area contributed by atoms with Crippen molar-refractivity contribution in [1.29, 1.82) is 0 Å². The molecule has 2 heteroatoms. The van der Waals surface area contributed by atoms with Gasteiger partial charge in [0, 0.05) is 19.0 Å². The second-order valence-corrected chi connectivity index (χ2v) is 7.13. The third-order valence-corrected chi connectivity index (χ3v) is 5.57. The molecule has 2 bridgehead atoms. The van der Waals surface area contributed by atoms with Gasteiger partial charge >= 0.3 is 0 Å². The first kappa shape index (κ1) is 12.3. The summed E-state index contributed by atoms with van der Waals surface area (Å²) in [5, 5.41) is 3.82. The minimum Gasteiger partial charge on any atom is -0.469 e. The van der Waals surface area contributed by atoms with E-state index in [0.29, 0.717) is 16.9 Å². The monoisotopic (exact) mass is 247 g/mol. The average Bonchev–Trinajstić information content (AvgIpc) is 2.96. The molecule has 3 rings (SSSR count). The van der Waals surface area contributed by atoms with E-state index in [1.165, 1.54) is 19.3 Å². The minimum atomic E-state index is 0.455. The summed E-state index contributed by atoms with van der Waals surface area (Å²) in [4.78, 5) is 0. The van der Waals surface area contributed by atoms with Gasteiger partial charge in [-0.15, -0.1) is 0 Å². The van der Waals surface area contributed by atoms with E-state index >= 15 is 0 Å². The molecule has 18 heavy (non-hydrogen) atoms. The van der Waals surface area contributed by atoms with Gasteiger partial charge in [0.05, 0.1) is 6.26 Å². The molecule has 0 amide bonds. The summed E-state index contributed by atoms with van der Waals surface area (Å²) in [6.07, 6.45) is 7.01. The largest absolute Gasteiger partial charge is 0.469 e. The Morgan fingerprint density at radius 1 is 1.39 bits per heavy atom. The molecule has 2 saturated carbocycles. The molecule has 100 valence electrons. The molecule has 1 aromatic rings. The second kappa shape index (κ2) is 4.12. The molecule has 1 aromatic heterocycles. The summed E-state index contributed by atoms with van der Waals surface area (Å²) in [7, 11) is 0. The fraction of sp³-hybridized carbons (Fsp3) is 0.750. The van der Waals surface area contributed by atoms with Gasteiger partial charge < -0.3 is 9.73 Å². The van der Waals surface area contributed by atoms with Gasteiger partial charge in [-0.25, -0.2) is 0 Å². The third-order valence-electron chi connectivity index (χ3n) is 5.57. The van der Waals surface area contributed by atoms with E-state index in [9.17, 15) is 0 Å². The predicted molar refractivity (Wildman–Crippen MR) is 73.4 cm³/mol. The summed E-state index contributed by atoms with van der Waals surface area (Å²) >= 11 is 0. The average molecular weight is 247 g/mol. The molecule has 0 spiro atoms. The maximum Gasteiger partial charge on any atom is 0.105 e. The second-order valence-electron chi connectivity index (χ2n) is 7.13. The maximum atomic E-state index is 5.40. The zero-order valence-electron chi connectivity index (χ0n) is 11.8. The van der Waals surface area contributed by atoms with E-state index < -0.39 is 0 Å². The molecule has 2 aliphatic carbocycles. The molecule has 0 radical (unpaired) electrons. The topological polar surface area (TPSA) is 25.2 Å². The molecule has 1 unspecified atom stereocenters. The van der Waals surface area contributed by atoms with Crippen LogP contribution < -0.4 is 5.32 Å². The number of furan rings is 1. The highest BCUT2D eigenvalue weighted by atomic mass is 16.3. The zero-order valence-corrected chi connectivity index (χ0v) is 11.8. The first-order valence-electron chi connectivity index (χ1n) is 7.28. The first-order chi connectivity index (χ1) is 8.52. The Balaban J connectivity index is 1.62. The van der Waals surface area contributed by atoms with Crippen LogP contribution in [-0.2, 0) is 6.42 Å². The quantitative estimate of drug-likeness (QED) is 0.879. The summed E-state index contributed by atoms with van der Waals surface area (Å²) < 4.78 is 5.40. The molecule has 2 nitrogen and oxygen atoms in total. The molecular weight excluding hydrogens is 222 g/mol. The Bertz CT molecular complexity index is 404. The van der Waals surface area contributed by atoms with Crippen LogP contribution in [0.1, 0.15) is 45.8 Å². The third kappa shape index (κ3) is 1.82. The van der Waals surface area contributed by atoms with Crippen molar-refractivity contribution >= 4 is 0 Å². The smallest absolute Gasteiger partial charge is 0.105 e. The number of fused-ring (bicyclic) bond motifs is 2. The standard InChI is InChI=1S/C16H25NO/c1-15(2)12-6-8-16(3,11-12)14(15)17-9-7-13-5-4-10-18-13/h4-5,10,12,14,17H,6-9,11H2,1-3H3/t12-,14?,16+/m0/s1. The van der Waals surface area contributed by atoms with Crippen LogP contribution in [0.25, 0.3) is 0 Å². The van der Waals surface area contributed by atoms with E-state index in [0.717, 1.165) is 24.6 Å². The van der Waals surface area contributed by atoms with Crippen LogP contribution in [0.2, 0.25) is 0 Å².